The highest BCUT2D eigenvalue weighted by atomic mass is 35.5. The van der Waals surface area contributed by atoms with Gasteiger partial charge >= 0.3 is 0 Å². The zero-order chi connectivity index (χ0) is 17.2. The molecule has 0 aromatic heterocycles. The van der Waals surface area contributed by atoms with E-state index in [1.54, 1.807) is 12.1 Å². The van der Waals surface area contributed by atoms with Crippen molar-refractivity contribution in [3.63, 3.8) is 0 Å². The minimum absolute atomic E-state index is 0.258. The molecule has 0 amide bonds. The first-order valence-electron chi connectivity index (χ1n) is 8.07. The number of phenolic OH excluding ortho intramolecular Hbond substituents is 1. The summed E-state index contributed by atoms with van der Waals surface area (Å²) in [5.74, 6) is 0.266. The van der Waals surface area contributed by atoms with Gasteiger partial charge in [-0.05, 0) is 59.7 Å². The topological polar surface area (TPSA) is 32.6 Å². The van der Waals surface area contributed by atoms with E-state index in [-0.39, 0.29) is 11.0 Å². The van der Waals surface area contributed by atoms with Crippen molar-refractivity contribution in [2.24, 2.45) is 4.99 Å². The third-order valence-corrected chi connectivity index (χ3v) is 5.79. The van der Waals surface area contributed by atoms with Crippen LogP contribution in [0, 0.1) is 0 Å². The van der Waals surface area contributed by atoms with Gasteiger partial charge in [0.25, 0.3) is 0 Å². The van der Waals surface area contributed by atoms with E-state index in [9.17, 15) is 5.11 Å². The standard InChI is InChI=1S/C21H16ClNOS/c22-16-9-5-15(6-10-16)21-13-19(14-7-11-17(24)12-8-14)23-18-3-1-2-4-20(18)25-21/h1-12,21,24H,13H2. The number of fused-ring (bicyclic) bond motifs is 1. The Kier molecular flexibility index (Phi) is 4.51. The van der Waals surface area contributed by atoms with Crippen molar-refractivity contribution in [1.82, 2.24) is 0 Å². The normalized spacial score (nSPS) is 16.7. The number of rotatable bonds is 2. The quantitative estimate of drug-likeness (QED) is 0.569. The Hall–Kier alpha value is -2.23. The second kappa shape index (κ2) is 6.95. The number of halogens is 1. The molecule has 1 aliphatic rings. The monoisotopic (exact) mass is 365 g/mol. The Balaban J connectivity index is 1.78. The second-order valence-electron chi connectivity index (χ2n) is 5.94. The summed E-state index contributed by atoms with van der Waals surface area (Å²) in [6, 6.07) is 23.5. The smallest absolute Gasteiger partial charge is 0.115 e. The van der Waals surface area contributed by atoms with Crippen LogP contribution in [0.15, 0.2) is 82.7 Å². The van der Waals surface area contributed by atoms with Crippen LogP contribution in [0.1, 0.15) is 22.8 Å². The number of thioether (sulfide) groups is 1. The number of aromatic hydroxyl groups is 1. The lowest BCUT2D eigenvalue weighted by molar-refractivity contribution is 0.475. The number of nitrogens with zero attached hydrogens (tertiary/aromatic N) is 1. The summed E-state index contributed by atoms with van der Waals surface area (Å²) in [5, 5.41) is 10.6. The highest BCUT2D eigenvalue weighted by molar-refractivity contribution is 7.99. The third-order valence-electron chi connectivity index (χ3n) is 4.21. The summed E-state index contributed by atoms with van der Waals surface area (Å²) >= 11 is 7.88. The highest BCUT2D eigenvalue weighted by Crippen LogP contribution is 2.45. The van der Waals surface area contributed by atoms with E-state index in [0.717, 1.165) is 28.4 Å². The molecule has 0 fully saturated rings. The second-order valence-corrected chi connectivity index (χ2v) is 7.62. The van der Waals surface area contributed by atoms with Gasteiger partial charge in [-0.3, -0.25) is 4.99 Å². The lowest BCUT2D eigenvalue weighted by Gasteiger charge is -2.16. The molecule has 2 nitrogen and oxygen atoms in total. The maximum atomic E-state index is 9.57. The number of hydrogen-bond donors (Lipinski definition) is 1. The molecule has 1 atom stereocenters. The average molecular weight is 366 g/mol. The summed E-state index contributed by atoms with van der Waals surface area (Å²) < 4.78 is 0. The summed E-state index contributed by atoms with van der Waals surface area (Å²) in [7, 11) is 0. The van der Waals surface area contributed by atoms with E-state index < -0.39 is 0 Å². The SMILES string of the molecule is Oc1ccc(C2=Nc3ccccc3SC(c3ccc(Cl)cc3)C2)cc1. The minimum atomic E-state index is 0.258. The average Bonchev–Trinajstić information content (AvgIpc) is 2.82. The molecule has 3 aromatic carbocycles. The summed E-state index contributed by atoms with van der Waals surface area (Å²) in [6.45, 7) is 0. The highest BCUT2D eigenvalue weighted by Gasteiger charge is 2.22. The molecule has 1 aliphatic heterocycles. The number of phenols is 1. The van der Waals surface area contributed by atoms with E-state index >= 15 is 0 Å². The van der Waals surface area contributed by atoms with Gasteiger partial charge in [-0.25, -0.2) is 0 Å². The first-order chi connectivity index (χ1) is 12.2. The molecule has 0 bridgehead atoms. The molecule has 0 spiro atoms. The van der Waals surface area contributed by atoms with Gasteiger partial charge in [-0.2, -0.15) is 0 Å². The minimum Gasteiger partial charge on any atom is -0.508 e. The molecule has 0 radical (unpaired) electrons. The third kappa shape index (κ3) is 3.58. The molecule has 1 unspecified atom stereocenters. The molecule has 3 aromatic rings. The van der Waals surface area contributed by atoms with Crippen LogP contribution in [-0.4, -0.2) is 10.8 Å². The van der Waals surface area contributed by atoms with Crippen molar-refractivity contribution in [3.05, 3.63) is 88.9 Å². The van der Waals surface area contributed by atoms with Crippen LogP contribution in [0.5, 0.6) is 5.75 Å². The summed E-state index contributed by atoms with van der Waals surface area (Å²) in [6.07, 6.45) is 0.811. The van der Waals surface area contributed by atoms with Gasteiger partial charge in [0.2, 0.25) is 0 Å². The van der Waals surface area contributed by atoms with E-state index in [1.165, 1.54) is 10.5 Å². The number of aliphatic imine (C=N–C) groups is 1. The number of benzene rings is 3. The zero-order valence-electron chi connectivity index (χ0n) is 13.4. The van der Waals surface area contributed by atoms with Gasteiger partial charge < -0.3 is 5.11 Å². The molecule has 0 saturated heterocycles. The van der Waals surface area contributed by atoms with E-state index in [4.69, 9.17) is 16.6 Å². The van der Waals surface area contributed by atoms with Crippen molar-refractivity contribution < 1.29 is 5.11 Å². The van der Waals surface area contributed by atoms with Crippen molar-refractivity contribution in [3.8, 4) is 5.75 Å². The van der Waals surface area contributed by atoms with Crippen LogP contribution in [0.4, 0.5) is 5.69 Å². The molecule has 4 heteroatoms. The fourth-order valence-corrected chi connectivity index (χ4v) is 4.27. The van der Waals surface area contributed by atoms with Crippen molar-refractivity contribution in [2.75, 3.05) is 0 Å². The summed E-state index contributed by atoms with van der Waals surface area (Å²) in [4.78, 5) is 6.10. The molecule has 25 heavy (non-hydrogen) atoms. The number of hydrogen-bond acceptors (Lipinski definition) is 3. The van der Waals surface area contributed by atoms with Crippen LogP contribution in [0.3, 0.4) is 0 Å². The van der Waals surface area contributed by atoms with Crippen LogP contribution >= 0.6 is 23.4 Å². The maximum absolute atomic E-state index is 9.57. The molecule has 1 heterocycles. The van der Waals surface area contributed by atoms with Crippen LogP contribution < -0.4 is 0 Å². The largest absolute Gasteiger partial charge is 0.508 e. The fraction of sp³-hybridized carbons (Fsp3) is 0.0952. The lowest BCUT2D eigenvalue weighted by Crippen LogP contribution is -2.05. The molecule has 1 N–H and O–H groups in total. The molecule has 0 saturated carbocycles. The number of para-hydroxylation sites is 1. The first kappa shape index (κ1) is 16.2. The predicted molar refractivity (Wildman–Crippen MR) is 105 cm³/mol. The van der Waals surface area contributed by atoms with Crippen LogP contribution in [0.25, 0.3) is 0 Å². The Morgan fingerprint density at radius 2 is 1.64 bits per heavy atom. The lowest BCUT2D eigenvalue weighted by atomic mass is 10.0. The predicted octanol–water partition coefficient (Wildman–Crippen LogP) is 6.40. The van der Waals surface area contributed by atoms with E-state index in [1.807, 2.05) is 54.2 Å². The van der Waals surface area contributed by atoms with E-state index in [0.29, 0.717) is 0 Å². The van der Waals surface area contributed by atoms with Gasteiger partial charge in [-0.1, -0.05) is 35.9 Å². The van der Waals surface area contributed by atoms with Gasteiger partial charge in [-0.15, -0.1) is 11.8 Å². The summed E-state index contributed by atoms with van der Waals surface area (Å²) in [5.41, 5.74) is 4.29. The van der Waals surface area contributed by atoms with Gasteiger partial charge in [0.15, 0.2) is 0 Å². The van der Waals surface area contributed by atoms with E-state index in [2.05, 4.69) is 18.2 Å². The van der Waals surface area contributed by atoms with Crippen molar-refractivity contribution in [1.29, 1.82) is 0 Å². The molecule has 0 aliphatic carbocycles. The van der Waals surface area contributed by atoms with Gasteiger partial charge in [0.05, 0.1) is 5.69 Å². The Morgan fingerprint density at radius 1 is 0.920 bits per heavy atom. The zero-order valence-corrected chi connectivity index (χ0v) is 15.0. The van der Waals surface area contributed by atoms with Crippen LogP contribution in [0.2, 0.25) is 5.02 Å². The fourth-order valence-electron chi connectivity index (χ4n) is 2.91. The Labute approximate surface area is 156 Å². The van der Waals surface area contributed by atoms with Crippen molar-refractivity contribution >= 4 is 34.8 Å². The van der Waals surface area contributed by atoms with Crippen molar-refractivity contribution in [2.45, 2.75) is 16.6 Å². The first-order valence-corrected chi connectivity index (χ1v) is 9.33. The Bertz CT molecular complexity index is 919. The maximum Gasteiger partial charge on any atom is 0.115 e. The molecular weight excluding hydrogens is 350 g/mol. The van der Waals surface area contributed by atoms with Crippen LogP contribution in [-0.2, 0) is 0 Å². The molecule has 124 valence electrons. The van der Waals surface area contributed by atoms with Gasteiger partial charge in [0.1, 0.15) is 5.75 Å². The Morgan fingerprint density at radius 3 is 2.40 bits per heavy atom. The molecular formula is C21H16ClNOS. The van der Waals surface area contributed by atoms with Gasteiger partial charge in [0, 0.05) is 27.3 Å². The molecule has 4 rings (SSSR count).